The smallest absolute Gasteiger partial charge is 0.303 e. The van der Waals surface area contributed by atoms with E-state index in [1.165, 1.54) is 0 Å². The third-order valence-corrected chi connectivity index (χ3v) is 10.7. The van der Waals surface area contributed by atoms with E-state index < -0.39 is 5.97 Å². The highest BCUT2D eigenvalue weighted by Crippen LogP contribution is 2.69. The number of aliphatic carboxylic acids is 1. The molecule has 0 unspecified atom stereocenters. The van der Waals surface area contributed by atoms with Crippen LogP contribution in [0.1, 0.15) is 78.6 Å². The van der Waals surface area contributed by atoms with Gasteiger partial charge in [0, 0.05) is 17.8 Å². The molecule has 0 aromatic heterocycles. The van der Waals surface area contributed by atoms with Crippen molar-refractivity contribution in [3.63, 3.8) is 0 Å². The fraction of sp³-hybridized carbons (Fsp3) is 0.885. The van der Waals surface area contributed by atoms with E-state index in [9.17, 15) is 24.6 Å². The number of carbonyl (C=O) groups excluding carboxylic acids is 2. The van der Waals surface area contributed by atoms with Crippen LogP contribution in [0.15, 0.2) is 0 Å². The highest BCUT2D eigenvalue weighted by Gasteiger charge is 2.67. The minimum absolute atomic E-state index is 0.0193. The lowest BCUT2D eigenvalue weighted by molar-refractivity contribution is -0.217. The molecule has 0 aromatic rings. The molecule has 0 heterocycles. The van der Waals surface area contributed by atoms with Gasteiger partial charge in [0.25, 0.3) is 12.9 Å². The van der Waals surface area contributed by atoms with Gasteiger partial charge in [-0.15, -0.1) is 0 Å². The zero-order valence-electron chi connectivity index (χ0n) is 20.2. The number of carboxylic acids is 1. The number of fused-ring (bicyclic) bond motifs is 5. The molecule has 0 bridgehead atoms. The van der Waals surface area contributed by atoms with Gasteiger partial charge >= 0.3 is 5.97 Å². The zero-order chi connectivity index (χ0) is 24.0. The third-order valence-electron chi connectivity index (χ3n) is 10.7. The summed E-state index contributed by atoms with van der Waals surface area (Å²) in [5, 5.41) is 19.6. The Balaban J connectivity index is 1.70. The number of hydrogen-bond acceptors (Lipinski definition) is 6. The van der Waals surface area contributed by atoms with Crippen molar-refractivity contribution in [2.75, 3.05) is 0 Å². The average molecular weight is 465 g/mol. The van der Waals surface area contributed by atoms with Crippen molar-refractivity contribution in [2.45, 2.75) is 96.9 Å². The van der Waals surface area contributed by atoms with Crippen LogP contribution in [0.5, 0.6) is 0 Å². The SMILES string of the molecule is C[C@H](CCC(=O)O)[C@H]1CC[C@H]2[C@@H]3[C@H](OC=O)C[C@@H]4C[C@H](O)CC[C@]4(C)[C@H]3C[C@H](OC=O)[C@]12C. The van der Waals surface area contributed by atoms with Gasteiger partial charge in [-0.2, -0.15) is 0 Å². The first-order valence-corrected chi connectivity index (χ1v) is 12.7. The molecule has 11 atom stereocenters. The van der Waals surface area contributed by atoms with Crippen LogP contribution in [0, 0.1) is 46.3 Å². The Morgan fingerprint density at radius 3 is 2.45 bits per heavy atom. The van der Waals surface area contributed by atoms with E-state index in [2.05, 4.69) is 20.8 Å². The van der Waals surface area contributed by atoms with Crippen molar-refractivity contribution in [1.82, 2.24) is 0 Å². The lowest BCUT2D eigenvalue weighted by Gasteiger charge is -2.64. The fourth-order valence-corrected chi connectivity index (χ4v) is 9.12. The average Bonchev–Trinajstić information content (AvgIpc) is 3.12. The molecule has 0 saturated heterocycles. The van der Waals surface area contributed by atoms with E-state index in [4.69, 9.17) is 9.47 Å². The van der Waals surface area contributed by atoms with Crippen LogP contribution in [0.4, 0.5) is 0 Å². The van der Waals surface area contributed by atoms with E-state index in [1.807, 2.05) is 0 Å². The maximum absolute atomic E-state index is 11.6. The minimum Gasteiger partial charge on any atom is -0.481 e. The Hall–Kier alpha value is -1.63. The summed E-state index contributed by atoms with van der Waals surface area (Å²) < 4.78 is 11.6. The molecule has 186 valence electrons. The summed E-state index contributed by atoms with van der Waals surface area (Å²) in [6.07, 6.45) is 5.92. The quantitative estimate of drug-likeness (QED) is 0.526. The van der Waals surface area contributed by atoms with E-state index in [0.717, 1.165) is 44.9 Å². The van der Waals surface area contributed by atoms with Gasteiger partial charge < -0.3 is 19.7 Å². The molecule has 4 aliphatic rings. The number of hydrogen-bond donors (Lipinski definition) is 2. The second-order valence-corrected chi connectivity index (χ2v) is 11.8. The standard InChI is InChI=1S/C26H40O7/c1-15(4-7-23(30)31)18-5-6-19-24-20(12-22(33-14-28)26(18,19)3)25(2)9-8-17(29)10-16(25)11-21(24)32-13-27/h13-22,24,29H,4-12H2,1-3H3,(H,30,31)/t15-,16+,17-,18-,19+,20+,21-,22+,24+,25+,26-/m1/s1. The Bertz CT molecular complexity index is 755. The monoisotopic (exact) mass is 464 g/mol. The minimum atomic E-state index is -0.781. The van der Waals surface area contributed by atoms with Crippen LogP contribution in [-0.2, 0) is 23.9 Å². The number of rotatable bonds is 8. The van der Waals surface area contributed by atoms with Crippen molar-refractivity contribution >= 4 is 18.9 Å². The largest absolute Gasteiger partial charge is 0.481 e. The van der Waals surface area contributed by atoms with Crippen molar-refractivity contribution < 1.29 is 34.1 Å². The summed E-state index contributed by atoms with van der Waals surface area (Å²) in [5.74, 6) is 0.644. The Morgan fingerprint density at radius 2 is 1.79 bits per heavy atom. The summed E-state index contributed by atoms with van der Waals surface area (Å²) in [6, 6.07) is 0. The van der Waals surface area contributed by atoms with E-state index >= 15 is 0 Å². The van der Waals surface area contributed by atoms with Crippen LogP contribution in [0.3, 0.4) is 0 Å². The summed E-state index contributed by atoms with van der Waals surface area (Å²) in [7, 11) is 0. The first-order chi connectivity index (χ1) is 15.7. The predicted molar refractivity (Wildman–Crippen MR) is 120 cm³/mol. The Kier molecular flexibility index (Phi) is 6.83. The molecule has 7 nitrogen and oxygen atoms in total. The lowest BCUT2D eigenvalue weighted by Crippen LogP contribution is -2.63. The van der Waals surface area contributed by atoms with Crippen LogP contribution in [0.2, 0.25) is 0 Å². The topological polar surface area (TPSA) is 110 Å². The van der Waals surface area contributed by atoms with Crippen LogP contribution in [0.25, 0.3) is 0 Å². The number of carbonyl (C=O) groups is 3. The highest BCUT2D eigenvalue weighted by atomic mass is 16.5. The van der Waals surface area contributed by atoms with Gasteiger partial charge in [-0.1, -0.05) is 20.8 Å². The van der Waals surface area contributed by atoms with Crippen molar-refractivity contribution in [1.29, 1.82) is 0 Å². The number of ether oxygens (including phenoxy) is 2. The maximum Gasteiger partial charge on any atom is 0.303 e. The van der Waals surface area contributed by atoms with E-state index in [-0.39, 0.29) is 71.1 Å². The number of aliphatic hydroxyl groups is 1. The van der Waals surface area contributed by atoms with Crippen LogP contribution < -0.4 is 0 Å². The zero-order valence-corrected chi connectivity index (χ0v) is 20.2. The molecular formula is C26H40O7. The van der Waals surface area contributed by atoms with Gasteiger partial charge in [0.1, 0.15) is 12.2 Å². The summed E-state index contributed by atoms with van der Waals surface area (Å²) >= 11 is 0. The molecule has 33 heavy (non-hydrogen) atoms. The molecule has 0 radical (unpaired) electrons. The molecule has 4 aliphatic carbocycles. The second-order valence-electron chi connectivity index (χ2n) is 11.8. The van der Waals surface area contributed by atoms with E-state index in [1.54, 1.807) is 0 Å². The van der Waals surface area contributed by atoms with Crippen molar-refractivity contribution in [3.05, 3.63) is 0 Å². The molecule has 0 spiro atoms. The molecule has 0 aromatic carbocycles. The number of carboxylic acid groups (broad SMARTS) is 1. The van der Waals surface area contributed by atoms with Gasteiger partial charge in [0.15, 0.2) is 0 Å². The molecule has 7 heteroatoms. The Labute approximate surface area is 196 Å². The molecule has 4 fully saturated rings. The number of aliphatic hydroxyl groups excluding tert-OH is 1. The third kappa shape index (κ3) is 3.98. The summed E-state index contributed by atoms with van der Waals surface area (Å²) in [5.41, 5.74) is -0.257. The van der Waals surface area contributed by atoms with Gasteiger partial charge in [0.2, 0.25) is 0 Å². The summed E-state index contributed by atoms with van der Waals surface area (Å²) in [6.45, 7) is 7.86. The van der Waals surface area contributed by atoms with E-state index in [0.29, 0.717) is 19.4 Å². The first-order valence-electron chi connectivity index (χ1n) is 12.7. The molecule has 4 rings (SSSR count). The van der Waals surface area contributed by atoms with Crippen molar-refractivity contribution in [2.24, 2.45) is 46.3 Å². The van der Waals surface area contributed by atoms with Gasteiger partial charge in [-0.05, 0) is 86.4 Å². The highest BCUT2D eigenvalue weighted by molar-refractivity contribution is 5.66. The van der Waals surface area contributed by atoms with Crippen LogP contribution >= 0.6 is 0 Å². The van der Waals surface area contributed by atoms with Gasteiger partial charge in [0.05, 0.1) is 6.10 Å². The lowest BCUT2D eigenvalue weighted by atomic mass is 9.43. The predicted octanol–water partition coefficient (Wildman–Crippen LogP) is 3.81. The molecular weight excluding hydrogens is 424 g/mol. The van der Waals surface area contributed by atoms with Gasteiger partial charge in [-0.25, -0.2) is 0 Å². The second kappa shape index (κ2) is 9.20. The normalized spacial score (nSPS) is 47.4. The van der Waals surface area contributed by atoms with Crippen molar-refractivity contribution in [3.8, 4) is 0 Å². The molecule has 0 aliphatic heterocycles. The first kappa shape index (κ1) is 24.5. The Morgan fingerprint density at radius 1 is 1.06 bits per heavy atom. The fourth-order valence-electron chi connectivity index (χ4n) is 9.12. The molecule has 4 saturated carbocycles. The van der Waals surface area contributed by atoms with Gasteiger partial charge in [-0.3, -0.25) is 14.4 Å². The summed E-state index contributed by atoms with van der Waals surface area (Å²) in [4.78, 5) is 34.3. The van der Waals surface area contributed by atoms with Crippen LogP contribution in [-0.4, -0.2) is 47.4 Å². The molecule has 0 amide bonds. The maximum atomic E-state index is 11.6. The molecule has 2 N–H and O–H groups in total.